The molecule has 94 valence electrons. The molecule has 1 atom stereocenters. The number of nitrogens with two attached hydrogens (primary N) is 1. The van der Waals surface area contributed by atoms with Crippen LogP contribution in [0.3, 0.4) is 0 Å². The van der Waals surface area contributed by atoms with E-state index in [0.717, 1.165) is 18.2 Å². The lowest BCUT2D eigenvalue weighted by molar-refractivity contribution is -0.385. The topological polar surface area (TPSA) is 69.2 Å². The van der Waals surface area contributed by atoms with E-state index in [9.17, 15) is 27.7 Å². The van der Waals surface area contributed by atoms with Crippen LogP contribution in [0.2, 0.25) is 0 Å². The van der Waals surface area contributed by atoms with E-state index in [1.807, 2.05) is 0 Å². The fourth-order valence-electron chi connectivity index (χ4n) is 1.26. The molecule has 0 aliphatic rings. The Labute approximate surface area is 93.2 Å². The molecule has 0 fully saturated rings. The Morgan fingerprint density at radius 3 is 2.47 bits per heavy atom. The quantitative estimate of drug-likeness (QED) is 0.509. The first kappa shape index (κ1) is 13.4. The smallest absolute Gasteiger partial charge is 0.320 e. The van der Waals surface area contributed by atoms with Gasteiger partial charge in [-0.05, 0) is 6.07 Å². The molecule has 1 aromatic rings. The molecule has 0 aliphatic carbocycles. The summed E-state index contributed by atoms with van der Waals surface area (Å²) in [5.41, 5.74) is 3.47. The molecule has 0 saturated carbocycles. The Balaban J connectivity index is 3.09. The Bertz CT molecular complexity index is 433. The molecule has 1 rings (SSSR count). The third-order valence-corrected chi connectivity index (χ3v) is 2.14. The molecule has 0 radical (unpaired) electrons. The van der Waals surface area contributed by atoms with E-state index in [2.05, 4.69) is 0 Å². The van der Waals surface area contributed by atoms with Crippen LogP contribution in [-0.2, 0) is 6.42 Å². The van der Waals surface area contributed by atoms with E-state index in [-0.39, 0.29) is 0 Å². The average Bonchev–Trinajstić information content (AvgIpc) is 2.18. The summed E-state index contributed by atoms with van der Waals surface area (Å²) in [5.74, 6) is -1.07. The highest BCUT2D eigenvalue weighted by Gasteiger charge is 2.38. The highest BCUT2D eigenvalue weighted by atomic mass is 19.4. The summed E-state index contributed by atoms with van der Waals surface area (Å²) in [6.07, 6.45) is -5.69. The Morgan fingerprint density at radius 2 is 2.00 bits per heavy atom. The van der Waals surface area contributed by atoms with E-state index < -0.39 is 40.6 Å². The second-order valence-corrected chi connectivity index (χ2v) is 3.35. The second kappa shape index (κ2) is 4.66. The van der Waals surface area contributed by atoms with Gasteiger partial charge in [-0.25, -0.2) is 4.39 Å². The SMILES string of the molecule is NC(Cc1c(F)cccc1[N+](=O)[O-])C(F)(F)F. The van der Waals surface area contributed by atoms with Gasteiger partial charge in [-0.2, -0.15) is 13.2 Å². The number of nitro benzene ring substituents is 1. The summed E-state index contributed by atoms with van der Waals surface area (Å²) < 4.78 is 49.8. The van der Waals surface area contributed by atoms with Crippen molar-refractivity contribution in [2.75, 3.05) is 0 Å². The second-order valence-electron chi connectivity index (χ2n) is 3.35. The summed E-state index contributed by atoms with van der Waals surface area (Å²) in [6, 6.07) is 0.501. The average molecular weight is 252 g/mol. The van der Waals surface area contributed by atoms with Crippen molar-refractivity contribution in [1.82, 2.24) is 0 Å². The van der Waals surface area contributed by atoms with Crippen molar-refractivity contribution < 1.29 is 22.5 Å². The van der Waals surface area contributed by atoms with Crippen LogP contribution >= 0.6 is 0 Å². The van der Waals surface area contributed by atoms with Crippen molar-refractivity contribution in [3.8, 4) is 0 Å². The van der Waals surface area contributed by atoms with Crippen LogP contribution in [-0.4, -0.2) is 17.1 Å². The molecule has 0 bridgehead atoms. The molecule has 17 heavy (non-hydrogen) atoms. The fraction of sp³-hybridized carbons (Fsp3) is 0.333. The normalized spacial score (nSPS) is 13.5. The Hall–Kier alpha value is -1.70. The lowest BCUT2D eigenvalue weighted by Gasteiger charge is -2.15. The van der Waals surface area contributed by atoms with E-state index >= 15 is 0 Å². The van der Waals surface area contributed by atoms with Crippen molar-refractivity contribution >= 4 is 5.69 Å². The summed E-state index contributed by atoms with van der Waals surface area (Å²) >= 11 is 0. The zero-order valence-corrected chi connectivity index (χ0v) is 8.37. The number of benzene rings is 1. The van der Waals surface area contributed by atoms with E-state index in [4.69, 9.17) is 5.73 Å². The maximum Gasteiger partial charge on any atom is 0.403 e. The van der Waals surface area contributed by atoms with Crippen molar-refractivity contribution in [3.05, 3.63) is 39.7 Å². The predicted octanol–water partition coefficient (Wildman–Crippen LogP) is 2.17. The van der Waals surface area contributed by atoms with Crippen LogP contribution in [0.5, 0.6) is 0 Å². The highest BCUT2D eigenvalue weighted by Crippen LogP contribution is 2.27. The maximum atomic E-state index is 13.2. The molecule has 2 N–H and O–H groups in total. The number of halogens is 4. The minimum absolute atomic E-state index is 0.637. The standard InChI is InChI=1S/C9H8F4N2O2/c10-6-2-1-3-7(15(16)17)5(6)4-8(14)9(11,12)13/h1-3,8H,4,14H2. The zero-order chi connectivity index (χ0) is 13.2. The van der Waals surface area contributed by atoms with Crippen LogP contribution in [0.4, 0.5) is 23.2 Å². The van der Waals surface area contributed by atoms with Gasteiger partial charge in [0.15, 0.2) is 0 Å². The Morgan fingerprint density at radius 1 is 1.41 bits per heavy atom. The minimum atomic E-state index is -4.73. The first-order chi connectivity index (χ1) is 7.73. The van der Waals surface area contributed by atoms with Gasteiger partial charge in [0.05, 0.1) is 10.5 Å². The summed E-state index contributed by atoms with van der Waals surface area (Å²) in [7, 11) is 0. The van der Waals surface area contributed by atoms with Gasteiger partial charge in [-0.15, -0.1) is 0 Å². The first-order valence-corrected chi connectivity index (χ1v) is 4.47. The van der Waals surface area contributed by atoms with Gasteiger partial charge in [0.1, 0.15) is 11.9 Å². The van der Waals surface area contributed by atoms with Gasteiger partial charge >= 0.3 is 6.18 Å². The number of nitrogens with zero attached hydrogens (tertiary/aromatic N) is 1. The third kappa shape index (κ3) is 3.13. The van der Waals surface area contributed by atoms with E-state index in [1.165, 1.54) is 0 Å². The van der Waals surface area contributed by atoms with Crippen LogP contribution in [0.1, 0.15) is 5.56 Å². The molecular weight excluding hydrogens is 244 g/mol. The largest absolute Gasteiger partial charge is 0.403 e. The van der Waals surface area contributed by atoms with Gasteiger partial charge < -0.3 is 5.73 Å². The molecule has 0 saturated heterocycles. The molecule has 0 aliphatic heterocycles. The van der Waals surface area contributed by atoms with Gasteiger partial charge in [0.25, 0.3) is 5.69 Å². The van der Waals surface area contributed by atoms with E-state index in [1.54, 1.807) is 0 Å². The number of rotatable bonds is 3. The number of hydrogen-bond donors (Lipinski definition) is 1. The molecule has 0 heterocycles. The van der Waals surface area contributed by atoms with Gasteiger partial charge in [0, 0.05) is 12.5 Å². The summed E-state index contributed by atoms with van der Waals surface area (Å²) in [6.45, 7) is 0. The Kier molecular flexibility index (Phi) is 3.66. The van der Waals surface area contributed by atoms with Gasteiger partial charge in [-0.1, -0.05) is 6.07 Å². The van der Waals surface area contributed by atoms with Crippen LogP contribution < -0.4 is 5.73 Å². The zero-order valence-electron chi connectivity index (χ0n) is 8.37. The van der Waals surface area contributed by atoms with Crippen LogP contribution in [0.25, 0.3) is 0 Å². The monoisotopic (exact) mass is 252 g/mol. The molecule has 4 nitrogen and oxygen atoms in total. The van der Waals surface area contributed by atoms with Crippen molar-refractivity contribution in [3.63, 3.8) is 0 Å². The van der Waals surface area contributed by atoms with Crippen molar-refractivity contribution in [1.29, 1.82) is 0 Å². The fourth-order valence-corrected chi connectivity index (χ4v) is 1.26. The van der Waals surface area contributed by atoms with Gasteiger partial charge in [-0.3, -0.25) is 10.1 Å². The van der Waals surface area contributed by atoms with Crippen molar-refractivity contribution in [2.45, 2.75) is 18.6 Å². The third-order valence-electron chi connectivity index (χ3n) is 2.14. The highest BCUT2D eigenvalue weighted by molar-refractivity contribution is 5.41. The van der Waals surface area contributed by atoms with Crippen LogP contribution in [0.15, 0.2) is 18.2 Å². The van der Waals surface area contributed by atoms with Crippen LogP contribution in [0, 0.1) is 15.9 Å². The summed E-state index contributed by atoms with van der Waals surface area (Å²) in [5, 5.41) is 10.5. The minimum Gasteiger partial charge on any atom is -0.320 e. The number of alkyl halides is 3. The van der Waals surface area contributed by atoms with Gasteiger partial charge in [0.2, 0.25) is 0 Å². The maximum absolute atomic E-state index is 13.2. The lowest BCUT2D eigenvalue weighted by Crippen LogP contribution is -2.39. The lowest BCUT2D eigenvalue weighted by atomic mass is 10.0. The predicted molar refractivity (Wildman–Crippen MR) is 50.8 cm³/mol. The molecule has 1 unspecified atom stereocenters. The molecular formula is C9H8F4N2O2. The first-order valence-electron chi connectivity index (χ1n) is 4.47. The molecule has 8 heteroatoms. The van der Waals surface area contributed by atoms with E-state index in [0.29, 0.717) is 0 Å². The molecule has 0 aromatic heterocycles. The molecule has 0 spiro atoms. The number of nitro groups is 1. The molecule has 1 aromatic carbocycles. The van der Waals surface area contributed by atoms with Crippen molar-refractivity contribution in [2.24, 2.45) is 5.73 Å². The summed E-state index contributed by atoms with van der Waals surface area (Å²) in [4.78, 5) is 9.58. The number of hydrogen-bond acceptors (Lipinski definition) is 3. The molecule has 0 amide bonds.